The Labute approximate surface area is 137 Å². The third-order valence-corrected chi connectivity index (χ3v) is 4.98. The summed E-state index contributed by atoms with van der Waals surface area (Å²) in [6, 6.07) is 5.60. The maximum atomic E-state index is 12.0. The molecule has 2 aliphatic rings. The number of aromatic nitrogens is 1. The van der Waals surface area contributed by atoms with E-state index in [-0.39, 0.29) is 5.56 Å². The van der Waals surface area contributed by atoms with Crippen molar-refractivity contribution < 1.29 is 9.84 Å². The number of hydrogen-bond donors (Lipinski definition) is 1. The van der Waals surface area contributed by atoms with Crippen molar-refractivity contribution in [1.82, 2.24) is 9.47 Å². The molecule has 5 heteroatoms. The fourth-order valence-electron chi connectivity index (χ4n) is 3.96. The fraction of sp³-hybridized carbons (Fsp3) is 0.722. The first kappa shape index (κ1) is 16.7. The highest BCUT2D eigenvalue weighted by atomic mass is 16.5. The zero-order valence-electron chi connectivity index (χ0n) is 14.0. The molecule has 0 saturated carbocycles. The highest BCUT2D eigenvalue weighted by Gasteiger charge is 2.34. The smallest absolute Gasteiger partial charge is 0.250 e. The lowest BCUT2D eigenvalue weighted by Gasteiger charge is -2.43. The van der Waals surface area contributed by atoms with E-state index in [1.54, 1.807) is 6.07 Å². The van der Waals surface area contributed by atoms with E-state index in [0.717, 1.165) is 51.2 Å². The Hall–Kier alpha value is -1.17. The summed E-state index contributed by atoms with van der Waals surface area (Å²) in [5.74, 6) is 0.916. The molecule has 3 heterocycles. The van der Waals surface area contributed by atoms with Gasteiger partial charge in [0.25, 0.3) is 5.56 Å². The molecule has 128 valence electrons. The predicted octanol–water partition coefficient (Wildman–Crippen LogP) is 1.44. The Morgan fingerprint density at radius 3 is 3.04 bits per heavy atom. The van der Waals surface area contributed by atoms with E-state index < -0.39 is 6.10 Å². The Morgan fingerprint density at radius 2 is 2.22 bits per heavy atom. The largest absolute Gasteiger partial charge is 0.389 e. The molecule has 0 aromatic carbocycles. The van der Waals surface area contributed by atoms with Gasteiger partial charge in [-0.2, -0.15) is 0 Å². The first-order valence-corrected chi connectivity index (χ1v) is 8.85. The van der Waals surface area contributed by atoms with Crippen LogP contribution < -0.4 is 5.56 Å². The van der Waals surface area contributed by atoms with Crippen LogP contribution in [-0.2, 0) is 11.3 Å². The quantitative estimate of drug-likeness (QED) is 0.773. The molecule has 5 nitrogen and oxygen atoms in total. The summed E-state index contributed by atoms with van der Waals surface area (Å²) in [4.78, 5) is 14.4. The van der Waals surface area contributed by atoms with Gasteiger partial charge < -0.3 is 14.4 Å². The van der Waals surface area contributed by atoms with E-state index in [4.69, 9.17) is 4.74 Å². The third-order valence-electron chi connectivity index (χ3n) is 4.98. The average Bonchev–Trinajstić information content (AvgIpc) is 2.53. The van der Waals surface area contributed by atoms with Crippen molar-refractivity contribution in [2.75, 3.05) is 32.8 Å². The van der Waals surface area contributed by atoms with Gasteiger partial charge in [-0.3, -0.25) is 9.69 Å². The zero-order chi connectivity index (χ0) is 16.2. The lowest BCUT2D eigenvalue weighted by Crippen LogP contribution is -2.49. The second-order valence-electron chi connectivity index (χ2n) is 7.00. The molecule has 1 unspecified atom stereocenters. The minimum absolute atomic E-state index is 0.120. The van der Waals surface area contributed by atoms with Crippen LogP contribution in [0.3, 0.4) is 0 Å². The molecule has 2 bridgehead atoms. The number of nitrogens with zero attached hydrogens (tertiary/aromatic N) is 2. The van der Waals surface area contributed by atoms with Gasteiger partial charge in [-0.15, -0.1) is 0 Å². The van der Waals surface area contributed by atoms with Crippen LogP contribution in [0.1, 0.15) is 37.8 Å². The second kappa shape index (κ2) is 7.60. The molecule has 2 aliphatic heterocycles. The van der Waals surface area contributed by atoms with Crippen molar-refractivity contribution in [3.8, 4) is 0 Å². The van der Waals surface area contributed by atoms with Crippen molar-refractivity contribution in [2.45, 2.75) is 44.8 Å². The van der Waals surface area contributed by atoms with Crippen LogP contribution in [-0.4, -0.2) is 53.5 Å². The Bertz CT molecular complexity index is 572. The first-order chi connectivity index (χ1) is 11.2. The molecule has 23 heavy (non-hydrogen) atoms. The van der Waals surface area contributed by atoms with Crippen LogP contribution in [0.25, 0.3) is 0 Å². The van der Waals surface area contributed by atoms with E-state index in [0.29, 0.717) is 25.0 Å². The number of fused-ring (bicyclic) bond motifs is 4. The molecule has 1 saturated heterocycles. The molecule has 3 rings (SSSR count). The number of unbranched alkanes of at least 4 members (excludes halogenated alkanes) is 1. The minimum Gasteiger partial charge on any atom is -0.389 e. The van der Waals surface area contributed by atoms with Crippen LogP contribution in [0.4, 0.5) is 0 Å². The predicted molar refractivity (Wildman–Crippen MR) is 89.7 cm³/mol. The molecule has 1 fully saturated rings. The van der Waals surface area contributed by atoms with Crippen LogP contribution >= 0.6 is 0 Å². The Morgan fingerprint density at radius 1 is 1.35 bits per heavy atom. The molecular weight excluding hydrogens is 292 g/mol. The van der Waals surface area contributed by atoms with Crippen molar-refractivity contribution in [3.63, 3.8) is 0 Å². The van der Waals surface area contributed by atoms with Gasteiger partial charge in [0.2, 0.25) is 0 Å². The molecule has 1 aromatic heterocycles. The molecule has 3 atom stereocenters. The summed E-state index contributed by atoms with van der Waals surface area (Å²) in [6.45, 7) is 6.64. The Kier molecular flexibility index (Phi) is 5.51. The van der Waals surface area contributed by atoms with Crippen LogP contribution in [0.5, 0.6) is 0 Å². The fourth-order valence-corrected chi connectivity index (χ4v) is 3.96. The normalized spacial score (nSPS) is 25.1. The van der Waals surface area contributed by atoms with Crippen LogP contribution in [0.15, 0.2) is 23.0 Å². The zero-order valence-corrected chi connectivity index (χ0v) is 14.0. The van der Waals surface area contributed by atoms with Gasteiger partial charge in [-0.1, -0.05) is 19.4 Å². The number of piperidine rings is 1. The average molecular weight is 320 g/mol. The molecule has 0 radical (unpaired) electrons. The van der Waals surface area contributed by atoms with Gasteiger partial charge in [0.15, 0.2) is 0 Å². The van der Waals surface area contributed by atoms with Crippen molar-refractivity contribution in [2.24, 2.45) is 5.92 Å². The van der Waals surface area contributed by atoms with E-state index in [1.165, 1.54) is 0 Å². The lowest BCUT2D eigenvalue weighted by molar-refractivity contribution is 0.00227. The van der Waals surface area contributed by atoms with Crippen LogP contribution in [0.2, 0.25) is 0 Å². The van der Waals surface area contributed by atoms with Gasteiger partial charge in [0, 0.05) is 50.5 Å². The number of ether oxygens (including phenoxy) is 1. The van der Waals surface area contributed by atoms with E-state index in [1.807, 2.05) is 10.6 Å². The van der Waals surface area contributed by atoms with Gasteiger partial charge in [-0.25, -0.2) is 0 Å². The van der Waals surface area contributed by atoms with E-state index in [2.05, 4.69) is 17.9 Å². The number of hydrogen-bond acceptors (Lipinski definition) is 4. The first-order valence-electron chi connectivity index (χ1n) is 8.85. The summed E-state index contributed by atoms with van der Waals surface area (Å²) in [5.41, 5.74) is 1.28. The summed E-state index contributed by atoms with van der Waals surface area (Å²) in [5, 5.41) is 10.2. The molecule has 1 aromatic rings. The number of likely N-dealkylation sites (tertiary alicyclic amines) is 1. The highest BCUT2D eigenvalue weighted by molar-refractivity contribution is 5.16. The SMILES string of the molecule is CCCCOCC(O)CN1C[C@H]2C[C@@H](C1)c1cccc(=O)n1C2. The lowest BCUT2D eigenvalue weighted by atomic mass is 9.83. The van der Waals surface area contributed by atoms with Crippen molar-refractivity contribution in [3.05, 3.63) is 34.2 Å². The third kappa shape index (κ3) is 4.03. The monoisotopic (exact) mass is 320 g/mol. The second-order valence-corrected chi connectivity index (χ2v) is 7.00. The molecule has 1 N–H and O–H groups in total. The number of rotatable bonds is 7. The maximum absolute atomic E-state index is 12.0. The highest BCUT2D eigenvalue weighted by Crippen LogP contribution is 2.34. The minimum atomic E-state index is -0.427. The number of pyridine rings is 1. The van der Waals surface area contributed by atoms with Crippen molar-refractivity contribution in [1.29, 1.82) is 0 Å². The van der Waals surface area contributed by atoms with E-state index in [9.17, 15) is 9.90 Å². The Balaban J connectivity index is 1.56. The van der Waals surface area contributed by atoms with Gasteiger partial charge in [0.05, 0.1) is 12.7 Å². The van der Waals surface area contributed by atoms with E-state index >= 15 is 0 Å². The van der Waals surface area contributed by atoms with Gasteiger partial charge >= 0.3 is 0 Å². The molecule has 0 spiro atoms. The number of aliphatic hydroxyl groups is 1. The summed E-state index contributed by atoms with van der Waals surface area (Å²) in [6.07, 6.45) is 2.89. The number of β-amino-alcohol motifs (C(OH)–C–C–N with tert-alkyl or cyclic N) is 1. The number of aliphatic hydroxyl groups excluding tert-OH is 1. The summed E-state index contributed by atoms with van der Waals surface area (Å²) in [7, 11) is 0. The summed E-state index contributed by atoms with van der Waals surface area (Å²) < 4.78 is 7.47. The molecule has 0 aliphatic carbocycles. The van der Waals surface area contributed by atoms with Crippen LogP contribution in [0, 0.1) is 5.92 Å². The topological polar surface area (TPSA) is 54.7 Å². The van der Waals surface area contributed by atoms with Gasteiger partial charge in [-0.05, 0) is 24.8 Å². The molecule has 0 amide bonds. The summed E-state index contributed by atoms with van der Waals surface area (Å²) >= 11 is 0. The standard InChI is InChI=1S/C18H28N2O3/c1-2-3-7-23-13-16(21)12-19-9-14-8-15(11-19)17-5-4-6-18(22)20(17)10-14/h4-6,14-16,21H,2-3,7-13H2,1H3/t14-,15+,16?/m1/s1. The molecular formula is C18H28N2O3. The van der Waals surface area contributed by atoms with Gasteiger partial charge in [0.1, 0.15) is 0 Å². The van der Waals surface area contributed by atoms with Crippen molar-refractivity contribution >= 4 is 0 Å². The maximum Gasteiger partial charge on any atom is 0.250 e.